The lowest BCUT2D eigenvalue weighted by atomic mass is 9.91. The van der Waals surface area contributed by atoms with Gasteiger partial charge < -0.3 is 9.84 Å². The molecule has 5 heteroatoms. The number of ether oxygens (including phenoxy) is 1. The SMILES string of the molecule is C=CCC[C@H](O)C(=O)N1C(=O)OC(C)(C)[C@@H]1Cc1ccccc1. The molecule has 0 unspecified atom stereocenters. The van der Waals surface area contributed by atoms with E-state index >= 15 is 0 Å². The molecule has 1 aromatic carbocycles. The number of hydrogen-bond donors (Lipinski definition) is 1. The van der Waals surface area contributed by atoms with Crippen LogP contribution in [0.3, 0.4) is 0 Å². The van der Waals surface area contributed by atoms with E-state index in [1.165, 1.54) is 0 Å². The van der Waals surface area contributed by atoms with Gasteiger partial charge in [-0.15, -0.1) is 6.58 Å². The number of hydrogen-bond acceptors (Lipinski definition) is 4. The molecule has 0 spiro atoms. The Morgan fingerprint density at radius 3 is 2.70 bits per heavy atom. The summed E-state index contributed by atoms with van der Waals surface area (Å²) in [6.45, 7) is 7.13. The topological polar surface area (TPSA) is 66.8 Å². The number of aliphatic hydroxyl groups excluding tert-OH is 1. The van der Waals surface area contributed by atoms with Gasteiger partial charge in [0.05, 0.1) is 6.04 Å². The van der Waals surface area contributed by atoms with Gasteiger partial charge in [0.2, 0.25) is 0 Å². The molecule has 0 bridgehead atoms. The van der Waals surface area contributed by atoms with Gasteiger partial charge in [-0.3, -0.25) is 4.79 Å². The lowest BCUT2D eigenvalue weighted by molar-refractivity contribution is -0.138. The van der Waals surface area contributed by atoms with E-state index in [-0.39, 0.29) is 6.42 Å². The Labute approximate surface area is 136 Å². The zero-order valence-corrected chi connectivity index (χ0v) is 13.6. The van der Waals surface area contributed by atoms with Crippen LogP contribution in [-0.4, -0.2) is 39.8 Å². The zero-order valence-electron chi connectivity index (χ0n) is 13.6. The maximum Gasteiger partial charge on any atom is 0.417 e. The average Bonchev–Trinajstić information content (AvgIpc) is 2.74. The van der Waals surface area contributed by atoms with E-state index in [1.54, 1.807) is 19.9 Å². The van der Waals surface area contributed by atoms with Crippen LogP contribution in [0.1, 0.15) is 32.3 Å². The summed E-state index contributed by atoms with van der Waals surface area (Å²) in [5.74, 6) is -0.608. The van der Waals surface area contributed by atoms with E-state index in [2.05, 4.69) is 6.58 Å². The second-order valence-corrected chi connectivity index (χ2v) is 6.27. The number of rotatable bonds is 6. The van der Waals surface area contributed by atoms with Crippen molar-refractivity contribution in [1.82, 2.24) is 4.90 Å². The Balaban J connectivity index is 2.22. The van der Waals surface area contributed by atoms with Crippen LogP contribution >= 0.6 is 0 Å². The molecule has 2 atom stereocenters. The van der Waals surface area contributed by atoms with Crippen molar-refractivity contribution in [2.75, 3.05) is 0 Å². The molecule has 0 aliphatic carbocycles. The Kier molecular flexibility index (Phi) is 5.21. The van der Waals surface area contributed by atoms with Gasteiger partial charge in [-0.05, 0) is 38.7 Å². The number of aliphatic hydroxyl groups is 1. The third kappa shape index (κ3) is 3.79. The first-order valence-electron chi connectivity index (χ1n) is 7.75. The summed E-state index contributed by atoms with van der Waals surface area (Å²) in [6.07, 6.45) is 0.933. The normalized spacial score (nSPS) is 20.9. The molecule has 1 aliphatic heterocycles. The van der Waals surface area contributed by atoms with Gasteiger partial charge in [-0.1, -0.05) is 36.4 Å². The lowest BCUT2D eigenvalue weighted by Gasteiger charge is -2.29. The number of carbonyl (C=O) groups is 2. The van der Waals surface area contributed by atoms with Crippen molar-refractivity contribution in [3.63, 3.8) is 0 Å². The standard InChI is InChI=1S/C18H23NO4/c1-4-5-11-14(20)16(21)19-15(18(2,3)23-17(19)22)12-13-9-7-6-8-10-13/h4,6-10,14-15,20H,1,5,11-12H2,2-3H3/t14-,15-/m0/s1. The predicted octanol–water partition coefficient (Wildman–Crippen LogP) is 2.68. The van der Waals surface area contributed by atoms with Crippen LogP contribution in [0.5, 0.6) is 0 Å². The zero-order chi connectivity index (χ0) is 17.0. The molecule has 0 saturated carbocycles. The van der Waals surface area contributed by atoms with Crippen LogP contribution in [-0.2, 0) is 16.0 Å². The number of carbonyl (C=O) groups excluding carboxylic acids is 2. The third-order valence-electron chi connectivity index (χ3n) is 4.10. The lowest BCUT2D eigenvalue weighted by Crippen LogP contribution is -2.49. The van der Waals surface area contributed by atoms with Crippen molar-refractivity contribution in [3.8, 4) is 0 Å². The minimum absolute atomic E-state index is 0.241. The van der Waals surface area contributed by atoms with Crippen molar-refractivity contribution >= 4 is 12.0 Å². The number of benzene rings is 1. The summed E-state index contributed by atoms with van der Waals surface area (Å²) in [5.41, 5.74) is 0.197. The van der Waals surface area contributed by atoms with Gasteiger partial charge in [-0.25, -0.2) is 9.69 Å². The second kappa shape index (κ2) is 6.96. The van der Waals surface area contributed by atoms with Crippen LogP contribution in [0.4, 0.5) is 4.79 Å². The summed E-state index contributed by atoms with van der Waals surface area (Å²) < 4.78 is 5.36. The van der Waals surface area contributed by atoms with Crippen molar-refractivity contribution in [3.05, 3.63) is 48.6 Å². The monoisotopic (exact) mass is 317 g/mol. The van der Waals surface area contributed by atoms with Gasteiger partial charge >= 0.3 is 6.09 Å². The fraction of sp³-hybridized carbons (Fsp3) is 0.444. The average molecular weight is 317 g/mol. The summed E-state index contributed by atoms with van der Waals surface area (Å²) in [5, 5.41) is 10.0. The van der Waals surface area contributed by atoms with E-state index in [0.717, 1.165) is 10.5 Å². The fourth-order valence-corrected chi connectivity index (χ4v) is 2.76. The molecule has 124 valence electrons. The van der Waals surface area contributed by atoms with E-state index in [0.29, 0.717) is 12.8 Å². The molecule has 1 heterocycles. The molecule has 2 rings (SSSR count). The first-order valence-corrected chi connectivity index (χ1v) is 7.75. The number of cyclic esters (lactones) is 1. The van der Waals surface area contributed by atoms with E-state index in [4.69, 9.17) is 4.74 Å². The van der Waals surface area contributed by atoms with Gasteiger partial charge in [0.25, 0.3) is 5.91 Å². The minimum Gasteiger partial charge on any atom is -0.441 e. The quantitative estimate of drug-likeness (QED) is 0.819. The van der Waals surface area contributed by atoms with Crippen molar-refractivity contribution < 1.29 is 19.4 Å². The Bertz CT molecular complexity index is 582. The van der Waals surface area contributed by atoms with Gasteiger partial charge in [0, 0.05) is 0 Å². The molecule has 1 fully saturated rings. The van der Waals surface area contributed by atoms with Crippen LogP contribution in [0.2, 0.25) is 0 Å². The maximum absolute atomic E-state index is 12.5. The predicted molar refractivity (Wildman–Crippen MR) is 86.8 cm³/mol. The molecule has 1 aromatic rings. The molecule has 0 radical (unpaired) electrons. The fourth-order valence-electron chi connectivity index (χ4n) is 2.76. The molecular weight excluding hydrogens is 294 g/mol. The number of imide groups is 1. The van der Waals surface area contributed by atoms with Crippen molar-refractivity contribution in [2.24, 2.45) is 0 Å². The molecular formula is C18H23NO4. The van der Waals surface area contributed by atoms with Crippen molar-refractivity contribution in [2.45, 2.75) is 50.9 Å². The molecule has 1 N–H and O–H groups in total. The highest BCUT2D eigenvalue weighted by molar-refractivity contribution is 5.96. The van der Waals surface area contributed by atoms with Gasteiger partial charge in [-0.2, -0.15) is 0 Å². The molecule has 1 saturated heterocycles. The first kappa shape index (κ1) is 17.2. The van der Waals surface area contributed by atoms with Crippen LogP contribution in [0.15, 0.2) is 43.0 Å². The minimum atomic E-state index is -1.23. The maximum atomic E-state index is 12.5. The molecule has 23 heavy (non-hydrogen) atoms. The summed E-state index contributed by atoms with van der Waals surface area (Å²) in [7, 11) is 0. The van der Waals surface area contributed by atoms with Crippen LogP contribution < -0.4 is 0 Å². The largest absolute Gasteiger partial charge is 0.441 e. The molecule has 0 aromatic heterocycles. The van der Waals surface area contributed by atoms with E-state index in [1.807, 2.05) is 30.3 Å². The number of allylic oxidation sites excluding steroid dienone is 1. The van der Waals surface area contributed by atoms with E-state index in [9.17, 15) is 14.7 Å². The number of amides is 2. The summed E-state index contributed by atoms with van der Waals surface area (Å²) >= 11 is 0. The highest BCUT2D eigenvalue weighted by Gasteiger charge is 2.51. The number of nitrogens with zero attached hydrogens (tertiary/aromatic N) is 1. The Morgan fingerprint density at radius 1 is 1.43 bits per heavy atom. The Morgan fingerprint density at radius 2 is 2.09 bits per heavy atom. The summed E-state index contributed by atoms with van der Waals surface area (Å²) in [4.78, 5) is 25.7. The highest BCUT2D eigenvalue weighted by Crippen LogP contribution is 2.32. The first-order chi connectivity index (χ1) is 10.9. The molecule has 2 amide bonds. The Hall–Kier alpha value is -2.14. The van der Waals surface area contributed by atoms with Crippen LogP contribution in [0.25, 0.3) is 0 Å². The molecule has 1 aliphatic rings. The smallest absolute Gasteiger partial charge is 0.417 e. The highest BCUT2D eigenvalue weighted by atomic mass is 16.6. The van der Waals surface area contributed by atoms with Crippen LogP contribution in [0, 0.1) is 0 Å². The van der Waals surface area contributed by atoms with E-state index < -0.39 is 29.7 Å². The third-order valence-corrected chi connectivity index (χ3v) is 4.10. The van der Waals surface area contributed by atoms with Crippen molar-refractivity contribution in [1.29, 1.82) is 0 Å². The molecule has 5 nitrogen and oxygen atoms in total. The summed E-state index contributed by atoms with van der Waals surface area (Å²) in [6, 6.07) is 9.15. The van der Waals surface area contributed by atoms with Gasteiger partial charge in [0.1, 0.15) is 11.7 Å². The van der Waals surface area contributed by atoms with Gasteiger partial charge in [0.15, 0.2) is 0 Å². The second-order valence-electron chi connectivity index (χ2n) is 6.27.